The van der Waals surface area contributed by atoms with Gasteiger partial charge in [-0.1, -0.05) is 137 Å². The fourth-order valence-electron chi connectivity index (χ4n) is 8.76. The van der Waals surface area contributed by atoms with E-state index in [1.165, 1.54) is 0 Å². The number of hydrogen-bond acceptors (Lipinski definition) is 1. The van der Waals surface area contributed by atoms with Gasteiger partial charge in [-0.25, -0.2) is 4.98 Å². The number of para-hydroxylation sites is 2. The highest BCUT2D eigenvalue weighted by molar-refractivity contribution is 6.71. The minimum absolute atomic E-state index is 0.151. The predicted octanol–water partition coefficient (Wildman–Crippen LogP) is 4.02. The van der Waals surface area contributed by atoms with Gasteiger partial charge in [0.1, 0.15) is 68.6 Å². The van der Waals surface area contributed by atoms with Gasteiger partial charge in [-0.15, -0.1) is 21.9 Å². The molecule has 10 aromatic rings. The lowest BCUT2D eigenvalue weighted by Gasteiger charge is -2.29. The Morgan fingerprint density at radius 3 is 1.20 bits per heavy atom. The molecule has 0 amide bonds. The third kappa shape index (κ3) is 6.26. The number of hydrogen-bond donors (Lipinski definition) is 0. The molecular formula is C51H26B8N2. The van der Waals surface area contributed by atoms with Crippen LogP contribution in [0, 0.1) is 0 Å². The van der Waals surface area contributed by atoms with Crippen molar-refractivity contribution in [2.45, 2.75) is 0 Å². The van der Waals surface area contributed by atoms with Crippen LogP contribution in [0.5, 0.6) is 0 Å². The zero-order valence-electron chi connectivity index (χ0n) is 33.0. The van der Waals surface area contributed by atoms with E-state index < -0.39 is 0 Å². The van der Waals surface area contributed by atoms with Gasteiger partial charge in [-0.3, -0.25) is 4.57 Å². The maximum absolute atomic E-state index is 7.17. The van der Waals surface area contributed by atoms with E-state index in [-0.39, 0.29) is 43.7 Å². The molecule has 0 bridgehead atoms. The van der Waals surface area contributed by atoms with E-state index in [1.807, 2.05) is 103 Å². The summed E-state index contributed by atoms with van der Waals surface area (Å²) in [5.74, 6) is 0.776. The van der Waals surface area contributed by atoms with Gasteiger partial charge in [-0.05, 0) is 109 Å². The molecule has 0 aliphatic heterocycles. The van der Waals surface area contributed by atoms with Crippen molar-refractivity contribution in [1.82, 2.24) is 9.55 Å². The molecule has 1 aromatic heterocycles. The molecular weight excluding hydrogens is 727 g/mol. The third-order valence-corrected chi connectivity index (χ3v) is 11.7. The predicted molar refractivity (Wildman–Crippen MR) is 266 cm³/mol. The normalized spacial score (nSPS) is 11.5. The van der Waals surface area contributed by atoms with Gasteiger partial charge in [0, 0.05) is 11.3 Å². The fourth-order valence-corrected chi connectivity index (χ4v) is 8.76. The summed E-state index contributed by atoms with van der Waals surface area (Å²) in [6, 6.07) is 52.9. The molecule has 1 heterocycles. The molecule has 10 rings (SSSR count). The van der Waals surface area contributed by atoms with Crippen LogP contribution in [0.25, 0.3) is 94.2 Å². The molecule has 0 aliphatic carbocycles. The first-order valence-electron chi connectivity index (χ1n) is 19.8. The lowest BCUT2D eigenvalue weighted by molar-refractivity contribution is 1.10. The fraction of sp³-hybridized carbons (Fsp3) is 0. The van der Waals surface area contributed by atoms with Gasteiger partial charge in [0.05, 0.1) is 11.0 Å². The third-order valence-electron chi connectivity index (χ3n) is 11.7. The summed E-state index contributed by atoms with van der Waals surface area (Å²) in [7, 11) is 55.7. The van der Waals surface area contributed by atoms with E-state index in [0.29, 0.717) is 32.7 Å². The molecule has 0 N–H and O–H groups in total. The summed E-state index contributed by atoms with van der Waals surface area (Å²) in [4.78, 5) is 5.09. The van der Waals surface area contributed by atoms with E-state index in [9.17, 15) is 0 Å². The van der Waals surface area contributed by atoms with Crippen LogP contribution in [0.2, 0.25) is 0 Å². The summed E-state index contributed by atoms with van der Waals surface area (Å²) >= 11 is 0. The molecule has 0 saturated heterocycles. The van der Waals surface area contributed by atoms with Crippen molar-refractivity contribution >= 4 is 139 Å². The van der Waals surface area contributed by atoms with Crippen molar-refractivity contribution < 1.29 is 0 Å². The Balaban J connectivity index is 1.37. The highest BCUT2D eigenvalue weighted by Gasteiger charge is 2.26. The van der Waals surface area contributed by atoms with Crippen molar-refractivity contribution in [2.75, 3.05) is 0 Å². The molecule has 0 atom stereocenters. The highest BCUT2D eigenvalue weighted by Crippen LogP contribution is 2.43. The van der Waals surface area contributed by atoms with Crippen molar-refractivity contribution in [3.05, 3.63) is 158 Å². The van der Waals surface area contributed by atoms with E-state index >= 15 is 0 Å². The summed E-state index contributed by atoms with van der Waals surface area (Å²) in [6.07, 6.45) is 0. The van der Waals surface area contributed by atoms with Gasteiger partial charge >= 0.3 is 0 Å². The highest BCUT2D eigenvalue weighted by atomic mass is 15.1. The average molecular weight is 753 g/mol. The van der Waals surface area contributed by atoms with Crippen molar-refractivity contribution in [3.63, 3.8) is 0 Å². The first-order chi connectivity index (χ1) is 29.6. The number of fused-ring (bicyclic) bond motifs is 3. The Kier molecular flexibility index (Phi) is 9.63. The van der Waals surface area contributed by atoms with Crippen LogP contribution in [-0.4, -0.2) is 72.3 Å². The molecule has 0 spiro atoms. The summed E-state index contributed by atoms with van der Waals surface area (Å²) in [6.45, 7) is 0. The van der Waals surface area contributed by atoms with Crippen molar-refractivity contribution in [1.29, 1.82) is 0 Å². The second-order valence-electron chi connectivity index (χ2n) is 15.3. The number of aromatic nitrogens is 2. The molecule has 0 fully saturated rings. The van der Waals surface area contributed by atoms with Gasteiger partial charge in [0.15, 0.2) is 0 Å². The van der Waals surface area contributed by atoms with Gasteiger partial charge in [-0.2, -0.15) is 0 Å². The van der Waals surface area contributed by atoms with Crippen LogP contribution in [0.1, 0.15) is 0 Å². The Morgan fingerprint density at radius 2 is 0.705 bits per heavy atom. The zero-order valence-corrected chi connectivity index (χ0v) is 33.0. The van der Waals surface area contributed by atoms with Crippen LogP contribution < -0.4 is 43.7 Å². The standard InChI is InChI=1S/C51H26B8N2/c52-43-39-37(30-19-12-20-34(26-30)61-36-22-11-10-21-35(36)60-51(61)29-17-8-3-9-18-29)40-42(46(55)50(59)48(57)44(40)53)38(41(39)45(54)49(58)47(43)56)33-24-31(27-13-4-1-5-14-27)23-32(25-33)28-15-6-2-7-16-28/h1-26H. The monoisotopic (exact) mass is 754 g/mol. The maximum Gasteiger partial charge on any atom is 0.145 e. The van der Waals surface area contributed by atoms with E-state index in [1.54, 1.807) is 0 Å². The Hall–Kier alpha value is -6.51. The van der Waals surface area contributed by atoms with E-state index in [2.05, 4.69) is 59.2 Å². The Bertz CT molecular complexity index is 3250. The second-order valence-corrected chi connectivity index (χ2v) is 15.3. The first kappa shape index (κ1) is 38.7. The smallest absolute Gasteiger partial charge is 0.145 e. The lowest BCUT2D eigenvalue weighted by Crippen LogP contribution is -2.50. The molecule has 0 aliphatic rings. The SMILES string of the molecule is [B]c1c([B])c([B])c2c(-c3cccc(-n4c(-c5ccccc5)nc5ccccc54)c3)c3c([B])c([B])c([B])c([B])c3c(-c3cc(-c4ccccc4)cc(-c4ccccc4)c3)c2c1[B]. The van der Waals surface area contributed by atoms with E-state index in [0.717, 1.165) is 61.5 Å². The van der Waals surface area contributed by atoms with E-state index in [4.69, 9.17) is 67.8 Å². The van der Waals surface area contributed by atoms with Gasteiger partial charge < -0.3 is 0 Å². The summed E-state index contributed by atoms with van der Waals surface area (Å²) in [5, 5.41) is 2.19. The number of nitrogens with zero attached hydrogens (tertiary/aromatic N) is 2. The molecule has 10 heteroatoms. The van der Waals surface area contributed by atoms with Crippen molar-refractivity contribution in [3.8, 4) is 61.6 Å². The van der Waals surface area contributed by atoms with Gasteiger partial charge in [0.25, 0.3) is 0 Å². The topological polar surface area (TPSA) is 17.8 Å². The van der Waals surface area contributed by atoms with Crippen molar-refractivity contribution in [2.24, 2.45) is 0 Å². The molecule has 2 nitrogen and oxygen atoms in total. The summed E-state index contributed by atoms with van der Waals surface area (Å²) < 4.78 is 2.14. The number of imidazole rings is 1. The van der Waals surface area contributed by atoms with Crippen LogP contribution in [0.3, 0.4) is 0 Å². The van der Waals surface area contributed by atoms with Crippen LogP contribution in [0.4, 0.5) is 0 Å². The van der Waals surface area contributed by atoms with Crippen LogP contribution in [-0.2, 0) is 0 Å². The quantitative estimate of drug-likeness (QED) is 0.186. The molecule has 61 heavy (non-hydrogen) atoms. The maximum atomic E-state index is 7.17. The lowest BCUT2D eigenvalue weighted by atomic mass is 9.59. The molecule has 16 radical (unpaired) electrons. The minimum Gasteiger partial charge on any atom is -0.292 e. The largest absolute Gasteiger partial charge is 0.292 e. The van der Waals surface area contributed by atoms with Gasteiger partial charge in [0.2, 0.25) is 0 Å². The Morgan fingerprint density at radius 1 is 0.311 bits per heavy atom. The number of rotatable bonds is 6. The summed E-state index contributed by atoms with van der Waals surface area (Å²) in [5.41, 5.74) is 11.8. The minimum atomic E-state index is 0.151. The zero-order chi connectivity index (χ0) is 42.1. The molecule has 0 unspecified atom stereocenters. The Labute approximate surface area is 366 Å². The molecule has 264 valence electrons. The number of benzene rings is 9. The first-order valence-corrected chi connectivity index (χ1v) is 19.8. The van der Waals surface area contributed by atoms with Crippen LogP contribution in [0.15, 0.2) is 158 Å². The molecule has 0 saturated carbocycles. The van der Waals surface area contributed by atoms with Crippen LogP contribution >= 0.6 is 0 Å². The second kappa shape index (κ2) is 15.2. The molecule has 9 aromatic carbocycles. The average Bonchev–Trinajstić information content (AvgIpc) is 3.71.